The maximum atomic E-state index is 11.7. The van der Waals surface area contributed by atoms with E-state index in [0.717, 1.165) is 5.76 Å². The Morgan fingerprint density at radius 1 is 1.50 bits per heavy atom. The minimum absolute atomic E-state index is 0.0551. The zero-order valence-corrected chi connectivity index (χ0v) is 10.4. The summed E-state index contributed by atoms with van der Waals surface area (Å²) in [6.07, 6.45) is 1.63. The van der Waals surface area contributed by atoms with Crippen molar-refractivity contribution in [1.29, 1.82) is 0 Å². The highest BCUT2D eigenvalue weighted by molar-refractivity contribution is 5.78. The van der Waals surface area contributed by atoms with Crippen molar-refractivity contribution in [2.75, 3.05) is 13.6 Å². The summed E-state index contributed by atoms with van der Waals surface area (Å²) in [4.78, 5) is 13.4. The van der Waals surface area contributed by atoms with Gasteiger partial charge >= 0.3 is 0 Å². The Morgan fingerprint density at radius 3 is 2.69 bits per heavy atom. The minimum atomic E-state index is 0.0551. The van der Waals surface area contributed by atoms with E-state index < -0.39 is 0 Å². The molecule has 1 aromatic rings. The van der Waals surface area contributed by atoms with Crippen molar-refractivity contribution in [3.8, 4) is 0 Å². The molecule has 0 radical (unpaired) electrons. The lowest BCUT2D eigenvalue weighted by Crippen LogP contribution is -2.40. The van der Waals surface area contributed by atoms with E-state index in [1.165, 1.54) is 0 Å². The van der Waals surface area contributed by atoms with Gasteiger partial charge in [0.15, 0.2) is 0 Å². The smallest absolute Gasteiger partial charge is 0.236 e. The highest BCUT2D eigenvalue weighted by Gasteiger charge is 2.14. The van der Waals surface area contributed by atoms with Gasteiger partial charge in [0.25, 0.3) is 0 Å². The highest BCUT2D eigenvalue weighted by atomic mass is 16.3. The van der Waals surface area contributed by atoms with Crippen LogP contribution in [-0.2, 0) is 4.79 Å². The SMILES string of the molecule is CC(NCC(=O)N(C)C(C)C)c1ccco1. The standard InChI is InChI=1S/C12H20N2O2/c1-9(2)14(4)12(15)8-13-10(3)11-6-5-7-16-11/h5-7,9-10,13H,8H2,1-4H3. The molecule has 0 fully saturated rings. The van der Waals surface area contributed by atoms with Crippen molar-refractivity contribution in [2.45, 2.75) is 32.9 Å². The van der Waals surface area contributed by atoms with E-state index in [4.69, 9.17) is 4.42 Å². The minimum Gasteiger partial charge on any atom is -0.468 e. The van der Waals surface area contributed by atoms with Gasteiger partial charge in [0.2, 0.25) is 5.91 Å². The second-order valence-corrected chi connectivity index (χ2v) is 4.22. The van der Waals surface area contributed by atoms with E-state index in [1.54, 1.807) is 11.2 Å². The van der Waals surface area contributed by atoms with Gasteiger partial charge in [-0.3, -0.25) is 10.1 Å². The second kappa shape index (κ2) is 5.70. The number of carbonyl (C=O) groups excluding carboxylic acids is 1. The molecule has 0 aliphatic carbocycles. The van der Waals surface area contributed by atoms with Crippen molar-refractivity contribution in [1.82, 2.24) is 10.2 Å². The molecule has 90 valence electrons. The number of hydrogen-bond acceptors (Lipinski definition) is 3. The molecule has 1 N–H and O–H groups in total. The maximum Gasteiger partial charge on any atom is 0.236 e. The highest BCUT2D eigenvalue weighted by Crippen LogP contribution is 2.11. The molecule has 0 aromatic carbocycles. The number of carbonyl (C=O) groups is 1. The Bertz CT molecular complexity index is 320. The molecule has 16 heavy (non-hydrogen) atoms. The van der Waals surface area contributed by atoms with Crippen LogP contribution in [0.3, 0.4) is 0 Å². The van der Waals surface area contributed by atoms with Crippen LogP contribution >= 0.6 is 0 Å². The normalized spacial score (nSPS) is 12.8. The average Bonchev–Trinajstić information content (AvgIpc) is 2.77. The summed E-state index contributed by atoms with van der Waals surface area (Å²) in [5, 5.41) is 3.14. The summed E-state index contributed by atoms with van der Waals surface area (Å²) >= 11 is 0. The third kappa shape index (κ3) is 3.38. The van der Waals surface area contributed by atoms with Gasteiger partial charge in [-0.1, -0.05) is 0 Å². The number of hydrogen-bond donors (Lipinski definition) is 1. The third-order valence-electron chi connectivity index (χ3n) is 2.70. The van der Waals surface area contributed by atoms with E-state index in [-0.39, 0.29) is 18.0 Å². The molecule has 0 bridgehead atoms. The van der Waals surface area contributed by atoms with E-state index in [0.29, 0.717) is 6.54 Å². The van der Waals surface area contributed by atoms with Crippen LogP contribution in [-0.4, -0.2) is 30.4 Å². The quantitative estimate of drug-likeness (QED) is 0.829. The van der Waals surface area contributed by atoms with Gasteiger partial charge in [-0.2, -0.15) is 0 Å². The Balaban J connectivity index is 2.37. The number of nitrogens with one attached hydrogen (secondary N) is 1. The lowest BCUT2D eigenvalue weighted by molar-refractivity contribution is -0.130. The summed E-state index contributed by atoms with van der Waals surface area (Å²) in [5.74, 6) is 0.938. The molecule has 4 heteroatoms. The summed E-state index contributed by atoms with van der Waals surface area (Å²) in [7, 11) is 1.81. The lowest BCUT2D eigenvalue weighted by atomic mass is 10.2. The van der Waals surface area contributed by atoms with Gasteiger partial charge < -0.3 is 9.32 Å². The second-order valence-electron chi connectivity index (χ2n) is 4.22. The largest absolute Gasteiger partial charge is 0.468 e. The molecule has 1 heterocycles. The number of nitrogens with zero attached hydrogens (tertiary/aromatic N) is 1. The summed E-state index contributed by atoms with van der Waals surface area (Å²) < 4.78 is 5.25. The molecule has 1 unspecified atom stereocenters. The molecular weight excluding hydrogens is 204 g/mol. The molecule has 1 atom stereocenters. The van der Waals surface area contributed by atoms with E-state index >= 15 is 0 Å². The topological polar surface area (TPSA) is 45.5 Å². The monoisotopic (exact) mass is 224 g/mol. The first-order valence-electron chi connectivity index (χ1n) is 5.54. The van der Waals surface area contributed by atoms with Crippen LogP contribution in [0.2, 0.25) is 0 Å². The van der Waals surface area contributed by atoms with Gasteiger partial charge in [0.1, 0.15) is 5.76 Å². The fourth-order valence-electron chi connectivity index (χ4n) is 1.29. The zero-order chi connectivity index (χ0) is 12.1. The predicted octanol–water partition coefficient (Wildman–Crippen LogP) is 1.80. The van der Waals surface area contributed by atoms with Gasteiger partial charge in [0, 0.05) is 13.1 Å². The molecular formula is C12H20N2O2. The van der Waals surface area contributed by atoms with Crippen LogP contribution in [0.25, 0.3) is 0 Å². The maximum absolute atomic E-state index is 11.7. The summed E-state index contributed by atoms with van der Waals surface area (Å²) in [6.45, 7) is 6.29. The number of rotatable bonds is 5. The van der Waals surface area contributed by atoms with Crippen molar-refractivity contribution in [2.24, 2.45) is 0 Å². The first-order chi connectivity index (χ1) is 7.52. The Kier molecular flexibility index (Phi) is 4.55. The van der Waals surface area contributed by atoms with Gasteiger partial charge in [0.05, 0.1) is 18.8 Å². The molecule has 1 amide bonds. The van der Waals surface area contributed by atoms with Crippen LogP contribution < -0.4 is 5.32 Å². The molecule has 0 aliphatic rings. The molecule has 4 nitrogen and oxygen atoms in total. The van der Waals surface area contributed by atoms with Crippen molar-refractivity contribution < 1.29 is 9.21 Å². The first kappa shape index (κ1) is 12.8. The zero-order valence-electron chi connectivity index (χ0n) is 10.4. The van der Waals surface area contributed by atoms with Crippen LogP contribution in [0, 0.1) is 0 Å². The Morgan fingerprint density at radius 2 is 2.19 bits per heavy atom. The van der Waals surface area contributed by atoms with Crippen LogP contribution in [0.4, 0.5) is 0 Å². The first-order valence-corrected chi connectivity index (χ1v) is 5.54. The van der Waals surface area contributed by atoms with E-state index in [9.17, 15) is 4.79 Å². The molecule has 1 rings (SSSR count). The van der Waals surface area contributed by atoms with E-state index in [1.807, 2.05) is 40.0 Å². The number of amides is 1. The molecule has 1 aromatic heterocycles. The van der Waals surface area contributed by atoms with E-state index in [2.05, 4.69) is 5.32 Å². The fraction of sp³-hybridized carbons (Fsp3) is 0.583. The summed E-state index contributed by atoms with van der Waals surface area (Å²) in [6, 6.07) is 4.02. The van der Waals surface area contributed by atoms with Crippen molar-refractivity contribution >= 4 is 5.91 Å². The van der Waals surface area contributed by atoms with Crippen LogP contribution in [0.5, 0.6) is 0 Å². The van der Waals surface area contributed by atoms with Gasteiger partial charge in [-0.05, 0) is 32.9 Å². The van der Waals surface area contributed by atoms with Crippen molar-refractivity contribution in [3.05, 3.63) is 24.2 Å². The van der Waals surface area contributed by atoms with Crippen molar-refractivity contribution in [3.63, 3.8) is 0 Å². The Labute approximate surface area is 96.6 Å². The molecule has 0 spiro atoms. The van der Waals surface area contributed by atoms with Crippen LogP contribution in [0.15, 0.2) is 22.8 Å². The lowest BCUT2D eigenvalue weighted by Gasteiger charge is -2.22. The molecule has 0 saturated carbocycles. The fourth-order valence-corrected chi connectivity index (χ4v) is 1.29. The molecule has 0 saturated heterocycles. The summed E-state index contributed by atoms with van der Waals surface area (Å²) in [5.41, 5.74) is 0. The van der Waals surface area contributed by atoms with Gasteiger partial charge in [-0.25, -0.2) is 0 Å². The number of furan rings is 1. The van der Waals surface area contributed by atoms with Crippen LogP contribution in [0.1, 0.15) is 32.6 Å². The Hall–Kier alpha value is -1.29. The average molecular weight is 224 g/mol. The predicted molar refractivity (Wildman–Crippen MR) is 63.0 cm³/mol. The molecule has 0 aliphatic heterocycles. The third-order valence-corrected chi connectivity index (χ3v) is 2.70. The van der Waals surface area contributed by atoms with Gasteiger partial charge in [-0.15, -0.1) is 0 Å². The number of likely N-dealkylation sites (N-methyl/N-ethyl adjacent to an activating group) is 1.